The van der Waals surface area contributed by atoms with Crippen molar-refractivity contribution in [3.63, 3.8) is 0 Å². The van der Waals surface area contributed by atoms with Gasteiger partial charge < -0.3 is 18.9 Å². The van der Waals surface area contributed by atoms with E-state index in [0.717, 1.165) is 32.2 Å². The highest BCUT2D eigenvalue weighted by molar-refractivity contribution is 5.92. The summed E-state index contributed by atoms with van der Waals surface area (Å²) in [4.78, 5) is 21.2. The number of ether oxygens (including phenoxy) is 2. The summed E-state index contributed by atoms with van der Waals surface area (Å²) in [7, 11) is 1.85. The lowest BCUT2D eigenvalue weighted by Gasteiger charge is -2.43. The molecule has 132 valence electrons. The van der Waals surface area contributed by atoms with Gasteiger partial charge in [0.2, 0.25) is 0 Å². The smallest absolute Gasteiger partial charge is 0.272 e. The molecule has 0 N–H and O–H groups in total. The van der Waals surface area contributed by atoms with Gasteiger partial charge in [0, 0.05) is 33.2 Å². The van der Waals surface area contributed by atoms with Crippen molar-refractivity contribution in [2.24, 2.45) is 13.0 Å². The summed E-state index contributed by atoms with van der Waals surface area (Å²) in [6.45, 7) is 5.99. The second-order valence-corrected chi connectivity index (χ2v) is 7.38. The highest BCUT2D eigenvalue weighted by atomic mass is 16.5. The molecule has 1 unspecified atom stereocenters. The molecule has 24 heavy (non-hydrogen) atoms. The molecule has 1 aliphatic carbocycles. The number of carbonyl (C=O) groups is 1. The van der Waals surface area contributed by atoms with Crippen LogP contribution in [0.3, 0.4) is 0 Å². The molecule has 3 heterocycles. The summed E-state index contributed by atoms with van der Waals surface area (Å²) in [5, 5.41) is 0. The molecule has 7 heteroatoms. The number of rotatable bonds is 3. The number of morpholine rings is 1. The van der Waals surface area contributed by atoms with E-state index in [4.69, 9.17) is 9.47 Å². The van der Waals surface area contributed by atoms with Crippen molar-refractivity contribution >= 4 is 5.91 Å². The quantitative estimate of drug-likeness (QED) is 0.799. The Morgan fingerprint density at radius 2 is 2.21 bits per heavy atom. The fourth-order valence-corrected chi connectivity index (χ4v) is 3.73. The van der Waals surface area contributed by atoms with Gasteiger partial charge in [0.15, 0.2) is 0 Å². The first-order valence-corrected chi connectivity index (χ1v) is 8.85. The number of aromatic nitrogens is 2. The zero-order valence-corrected chi connectivity index (χ0v) is 14.3. The van der Waals surface area contributed by atoms with E-state index in [9.17, 15) is 4.79 Å². The van der Waals surface area contributed by atoms with Crippen molar-refractivity contribution in [1.29, 1.82) is 0 Å². The van der Waals surface area contributed by atoms with E-state index in [1.807, 2.05) is 11.9 Å². The minimum absolute atomic E-state index is 0.0238. The molecular weight excluding hydrogens is 308 g/mol. The van der Waals surface area contributed by atoms with Crippen molar-refractivity contribution in [3.8, 4) is 0 Å². The molecule has 1 amide bonds. The Kier molecular flexibility index (Phi) is 4.32. The SMILES string of the molecule is Cn1cncc1C(=O)N1CCOC2(COCCN(CC3CC3)C2)C1. The molecule has 2 aliphatic heterocycles. The Hall–Kier alpha value is -1.44. The first-order valence-electron chi connectivity index (χ1n) is 8.85. The highest BCUT2D eigenvalue weighted by Gasteiger charge is 2.42. The summed E-state index contributed by atoms with van der Waals surface area (Å²) in [5.74, 6) is 0.867. The molecule has 0 bridgehead atoms. The summed E-state index contributed by atoms with van der Waals surface area (Å²) in [5.41, 5.74) is 0.217. The lowest BCUT2D eigenvalue weighted by Crippen LogP contribution is -2.60. The van der Waals surface area contributed by atoms with Crippen LogP contribution in [0.2, 0.25) is 0 Å². The van der Waals surface area contributed by atoms with Crippen LogP contribution in [0.5, 0.6) is 0 Å². The van der Waals surface area contributed by atoms with Crippen LogP contribution < -0.4 is 0 Å². The molecule has 0 radical (unpaired) electrons. The van der Waals surface area contributed by atoms with Gasteiger partial charge in [-0.2, -0.15) is 0 Å². The maximum Gasteiger partial charge on any atom is 0.272 e. The summed E-state index contributed by atoms with van der Waals surface area (Å²) in [6.07, 6.45) is 5.98. The maximum atomic E-state index is 12.8. The van der Waals surface area contributed by atoms with E-state index in [1.165, 1.54) is 12.8 Å². The van der Waals surface area contributed by atoms with Gasteiger partial charge in [-0.1, -0.05) is 0 Å². The Morgan fingerprint density at radius 3 is 2.96 bits per heavy atom. The standard InChI is InChI=1S/C17H26N4O3/c1-19-13-18-8-15(19)16(22)21-5-7-24-17(11-21)10-20(4-6-23-12-17)9-14-2-3-14/h8,13-14H,2-7,9-12H2,1H3. The van der Waals surface area contributed by atoms with E-state index in [1.54, 1.807) is 17.1 Å². The Morgan fingerprint density at radius 1 is 1.33 bits per heavy atom. The molecule has 7 nitrogen and oxygen atoms in total. The number of nitrogens with zero attached hydrogens (tertiary/aromatic N) is 4. The van der Waals surface area contributed by atoms with Crippen molar-refractivity contribution in [3.05, 3.63) is 18.2 Å². The average Bonchev–Trinajstić information content (AvgIpc) is 3.32. The molecule has 0 aromatic carbocycles. The zero-order valence-electron chi connectivity index (χ0n) is 14.3. The molecule has 1 saturated carbocycles. The first kappa shape index (κ1) is 16.1. The van der Waals surface area contributed by atoms with E-state index in [0.29, 0.717) is 32.0 Å². The third-order valence-corrected chi connectivity index (χ3v) is 5.21. The largest absolute Gasteiger partial charge is 0.377 e. The van der Waals surface area contributed by atoms with Crippen LogP contribution in [0.1, 0.15) is 23.3 Å². The Labute approximate surface area is 142 Å². The number of hydrogen-bond acceptors (Lipinski definition) is 5. The third-order valence-electron chi connectivity index (χ3n) is 5.21. The number of imidazole rings is 1. The van der Waals surface area contributed by atoms with Gasteiger partial charge >= 0.3 is 0 Å². The maximum absolute atomic E-state index is 12.8. The topological polar surface area (TPSA) is 59.8 Å². The second kappa shape index (κ2) is 6.46. The molecule has 4 rings (SSSR count). The average molecular weight is 334 g/mol. The van der Waals surface area contributed by atoms with Gasteiger partial charge in [-0.05, 0) is 18.8 Å². The van der Waals surface area contributed by atoms with Crippen LogP contribution in [-0.2, 0) is 16.5 Å². The third kappa shape index (κ3) is 3.34. The van der Waals surface area contributed by atoms with E-state index < -0.39 is 5.60 Å². The van der Waals surface area contributed by atoms with E-state index >= 15 is 0 Å². The fourth-order valence-electron chi connectivity index (χ4n) is 3.73. The lowest BCUT2D eigenvalue weighted by atomic mass is 10.0. The molecular formula is C17H26N4O3. The Bertz CT molecular complexity index is 600. The van der Waals surface area contributed by atoms with Crippen LogP contribution in [0.4, 0.5) is 0 Å². The van der Waals surface area contributed by atoms with Gasteiger partial charge in [0.05, 0.1) is 38.9 Å². The minimum Gasteiger partial charge on any atom is -0.377 e. The molecule has 3 fully saturated rings. The summed E-state index contributed by atoms with van der Waals surface area (Å²) < 4.78 is 13.8. The zero-order chi connectivity index (χ0) is 16.6. The van der Waals surface area contributed by atoms with Crippen molar-refractivity contribution in [2.45, 2.75) is 18.4 Å². The molecule has 1 aromatic heterocycles. The number of carbonyl (C=O) groups excluding carboxylic acids is 1. The van der Waals surface area contributed by atoms with Gasteiger partial charge in [0.1, 0.15) is 11.3 Å². The highest BCUT2D eigenvalue weighted by Crippen LogP contribution is 2.31. The minimum atomic E-state index is -0.405. The summed E-state index contributed by atoms with van der Waals surface area (Å²) >= 11 is 0. The van der Waals surface area contributed by atoms with E-state index in [2.05, 4.69) is 9.88 Å². The van der Waals surface area contributed by atoms with Crippen LogP contribution in [0.15, 0.2) is 12.5 Å². The van der Waals surface area contributed by atoms with Crippen LogP contribution >= 0.6 is 0 Å². The second-order valence-electron chi connectivity index (χ2n) is 7.38. The predicted molar refractivity (Wildman–Crippen MR) is 87.8 cm³/mol. The van der Waals surface area contributed by atoms with Gasteiger partial charge in [-0.3, -0.25) is 9.69 Å². The first-order chi connectivity index (χ1) is 11.7. The van der Waals surface area contributed by atoms with Gasteiger partial charge in [-0.25, -0.2) is 4.98 Å². The molecule has 3 aliphatic rings. The fraction of sp³-hybridized carbons (Fsp3) is 0.765. The number of aryl methyl sites for hydroxylation is 1. The molecule has 1 atom stereocenters. The van der Waals surface area contributed by atoms with Crippen molar-refractivity contribution < 1.29 is 14.3 Å². The van der Waals surface area contributed by atoms with Gasteiger partial charge in [0.25, 0.3) is 5.91 Å². The summed E-state index contributed by atoms with van der Waals surface area (Å²) in [6, 6.07) is 0. The normalized spacial score (nSPS) is 29.0. The lowest BCUT2D eigenvalue weighted by molar-refractivity contribution is -0.133. The van der Waals surface area contributed by atoms with Crippen molar-refractivity contribution in [2.75, 3.05) is 52.5 Å². The number of hydrogen-bond donors (Lipinski definition) is 0. The molecule has 1 spiro atoms. The van der Waals surface area contributed by atoms with Crippen LogP contribution in [0, 0.1) is 5.92 Å². The predicted octanol–water partition coefficient (Wildman–Crippen LogP) is 0.374. The number of amides is 1. The van der Waals surface area contributed by atoms with E-state index in [-0.39, 0.29) is 5.91 Å². The Balaban J connectivity index is 1.47. The van der Waals surface area contributed by atoms with Crippen LogP contribution in [-0.4, -0.2) is 83.4 Å². The molecule has 2 saturated heterocycles. The van der Waals surface area contributed by atoms with Gasteiger partial charge in [-0.15, -0.1) is 0 Å². The van der Waals surface area contributed by atoms with Crippen LogP contribution in [0.25, 0.3) is 0 Å². The molecule has 1 aromatic rings. The van der Waals surface area contributed by atoms with Crippen molar-refractivity contribution in [1.82, 2.24) is 19.4 Å². The monoisotopic (exact) mass is 334 g/mol.